The molecule has 1 heterocycles. The highest BCUT2D eigenvalue weighted by atomic mass is 16.5. The van der Waals surface area contributed by atoms with E-state index in [2.05, 4.69) is 46.3 Å². The van der Waals surface area contributed by atoms with Crippen molar-refractivity contribution in [3.05, 3.63) is 53.6 Å². The summed E-state index contributed by atoms with van der Waals surface area (Å²) in [6, 6.07) is 14.0. The molecule has 0 bridgehead atoms. The van der Waals surface area contributed by atoms with Gasteiger partial charge in [-0.25, -0.2) is 0 Å². The topological polar surface area (TPSA) is 54.0 Å². The molecule has 0 unspecified atom stereocenters. The Balaban J connectivity index is 1.39. The maximum atomic E-state index is 12.4. The van der Waals surface area contributed by atoms with Gasteiger partial charge in [0.15, 0.2) is 11.5 Å². The molecule has 162 valence electrons. The van der Waals surface area contributed by atoms with Crippen LogP contribution in [0, 0.1) is 6.92 Å². The van der Waals surface area contributed by atoms with E-state index >= 15 is 0 Å². The van der Waals surface area contributed by atoms with Crippen molar-refractivity contribution in [3.8, 4) is 11.5 Å². The van der Waals surface area contributed by atoms with Gasteiger partial charge in [-0.1, -0.05) is 12.1 Å². The van der Waals surface area contributed by atoms with Gasteiger partial charge in [-0.05, 0) is 62.7 Å². The van der Waals surface area contributed by atoms with Crippen molar-refractivity contribution < 1.29 is 14.3 Å². The Labute approximate surface area is 179 Å². The number of carbonyl (C=O) groups is 1. The Kier molecular flexibility index (Phi) is 7.97. The van der Waals surface area contributed by atoms with Crippen molar-refractivity contribution in [3.63, 3.8) is 0 Å². The second-order valence-electron chi connectivity index (χ2n) is 7.58. The predicted octanol–water partition coefficient (Wildman–Crippen LogP) is 3.34. The quantitative estimate of drug-likeness (QED) is 0.642. The number of ether oxygens (including phenoxy) is 2. The summed E-state index contributed by atoms with van der Waals surface area (Å²) in [5, 5.41) is 3.01. The minimum atomic E-state index is -0.0828. The molecule has 0 spiro atoms. The number of hydrogen-bond acceptors (Lipinski definition) is 5. The lowest BCUT2D eigenvalue weighted by Crippen LogP contribution is -2.47. The number of amides is 1. The van der Waals surface area contributed by atoms with Crippen molar-refractivity contribution in [1.82, 2.24) is 10.2 Å². The van der Waals surface area contributed by atoms with Crippen molar-refractivity contribution in [2.75, 3.05) is 57.9 Å². The van der Waals surface area contributed by atoms with Crippen LogP contribution in [0.5, 0.6) is 11.5 Å². The van der Waals surface area contributed by atoms with Crippen LogP contribution in [0.25, 0.3) is 0 Å². The molecule has 0 radical (unpaired) electrons. The molecule has 0 saturated carbocycles. The second-order valence-corrected chi connectivity index (χ2v) is 7.58. The van der Waals surface area contributed by atoms with Crippen LogP contribution in [-0.2, 0) is 0 Å². The van der Waals surface area contributed by atoms with E-state index in [1.54, 1.807) is 25.3 Å². The molecule has 6 heteroatoms. The van der Waals surface area contributed by atoms with E-state index < -0.39 is 0 Å². The lowest BCUT2D eigenvalue weighted by Gasteiger charge is -2.36. The Hall–Kier alpha value is -2.73. The molecule has 6 nitrogen and oxygen atoms in total. The number of carbonyl (C=O) groups excluding carboxylic acids is 1. The Morgan fingerprint density at radius 3 is 2.57 bits per heavy atom. The van der Waals surface area contributed by atoms with Gasteiger partial charge in [-0.3, -0.25) is 9.69 Å². The minimum Gasteiger partial charge on any atom is -0.493 e. The summed E-state index contributed by atoms with van der Waals surface area (Å²) >= 11 is 0. The summed E-state index contributed by atoms with van der Waals surface area (Å²) in [5.74, 6) is 1.15. The first kappa shape index (κ1) is 22.0. The first-order valence-electron chi connectivity index (χ1n) is 10.7. The molecule has 1 fully saturated rings. The van der Waals surface area contributed by atoms with Crippen LogP contribution in [0.3, 0.4) is 0 Å². The van der Waals surface area contributed by atoms with Crippen molar-refractivity contribution >= 4 is 11.6 Å². The molecular weight excluding hydrogens is 378 g/mol. The molecule has 0 atom stereocenters. The number of nitrogens with zero attached hydrogens (tertiary/aromatic N) is 2. The molecular formula is C24H33N3O3. The third kappa shape index (κ3) is 5.89. The van der Waals surface area contributed by atoms with E-state index in [1.165, 1.54) is 11.3 Å². The first-order chi connectivity index (χ1) is 14.6. The molecule has 2 aromatic rings. The van der Waals surface area contributed by atoms with Gasteiger partial charge in [0.1, 0.15) is 0 Å². The molecule has 3 rings (SSSR count). The predicted molar refractivity (Wildman–Crippen MR) is 121 cm³/mol. The number of nitrogens with one attached hydrogen (secondary N) is 1. The number of anilines is 1. The van der Waals surface area contributed by atoms with E-state index in [9.17, 15) is 4.79 Å². The Morgan fingerprint density at radius 1 is 1.07 bits per heavy atom. The van der Waals surface area contributed by atoms with E-state index in [0.717, 1.165) is 39.1 Å². The lowest BCUT2D eigenvalue weighted by molar-refractivity contribution is 0.0951. The summed E-state index contributed by atoms with van der Waals surface area (Å²) in [5.41, 5.74) is 3.20. The fourth-order valence-electron chi connectivity index (χ4n) is 3.74. The van der Waals surface area contributed by atoms with Crippen LogP contribution in [0.15, 0.2) is 42.5 Å². The largest absolute Gasteiger partial charge is 0.493 e. The van der Waals surface area contributed by atoms with Crippen LogP contribution in [0.1, 0.15) is 29.3 Å². The fraction of sp³-hybridized carbons (Fsp3) is 0.458. The van der Waals surface area contributed by atoms with Gasteiger partial charge < -0.3 is 19.7 Å². The molecule has 30 heavy (non-hydrogen) atoms. The number of hydrogen-bond donors (Lipinski definition) is 1. The zero-order valence-corrected chi connectivity index (χ0v) is 18.3. The number of aryl methyl sites for hydroxylation is 1. The van der Waals surface area contributed by atoms with Crippen LogP contribution < -0.4 is 19.7 Å². The lowest BCUT2D eigenvalue weighted by atomic mass is 10.2. The molecule has 2 aromatic carbocycles. The van der Waals surface area contributed by atoms with Crippen LogP contribution in [0.4, 0.5) is 5.69 Å². The average molecular weight is 412 g/mol. The minimum absolute atomic E-state index is 0.0828. The average Bonchev–Trinajstić information content (AvgIpc) is 2.77. The summed E-state index contributed by atoms with van der Waals surface area (Å²) in [6.07, 6.45) is 0.935. The Bertz CT molecular complexity index is 832. The highest BCUT2D eigenvalue weighted by Gasteiger charge is 2.17. The van der Waals surface area contributed by atoms with Crippen LogP contribution in [-0.4, -0.2) is 63.8 Å². The number of methoxy groups -OCH3 is 1. The van der Waals surface area contributed by atoms with Crippen molar-refractivity contribution in [2.24, 2.45) is 0 Å². The van der Waals surface area contributed by atoms with E-state index in [1.807, 2.05) is 6.92 Å². The molecule has 1 N–H and O–H groups in total. The van der Waals surface area contributed by atoms with Crippen LogP contribution >= 0.6 is 0 Å². The smallest absolute Gasteiger partial charge is 0.251 e. The van der Waals surface area contributed by atoms with Gasteiger partial charge in [0.05, 0.1) is 13.7 Å². The highest BCUT2D eigenvalue weighted by molar-refractivity contribution is 5.94. The number of piperazine rings is 1. The first-order valence-corrected chi connectivity index (χ1v) is 10.7. The standard InChI is InChI=1S/C24H33N3O3/c1-4-30-22-10-9-20(18-23(22)29-3)24(28)25-11-6-12-26-13-15-27(16-14-26)21-8-5-7-19(2)17-21/h5,7-10,17-18H,4,6,11-16H2,1-3H3,(H,25,28). The van der Waals surface area contributed by atoms with E-state index in [0.29, 0.717) is 30.2 Å². The molecule has 1 saturated heterocycles. The maximum Gasteiger partial charge on any atom is 0.251 e. The summed E-state index contributed by atoms with van der Waals surface area (Å²) in [7, 11) is 1.58. The number of rotatable bonds is 9. The zero-order chi connectivity index (χ0) is 21.3. The second kappa shape index (κ2) is 10.9. The molecule has 0 aliphatic carbocycles. The third-order valence-corrected chi connectivity index (χ3v) is 5.40. The van der Waals surface area contributed by atoms with Crippen LogP contribution in [0.2, 0.25) is 0 Å². The van der Waals surface area contributed by atoms with Crippen molar-refractivity contribution in [2.45, 2.75) is 20.3 Å². The van der Waals surface area contributed by atoms with E-state index in [-0.39, 0.29) is 5.91 Å². The van der Waals surface area contributed by atoms with Crippen molar-refractivity contribution in [1.29, 1.82) is 0 Å². The molecule has 1 amide bonds. The van der Waals surface area contributed by atoms with Gasteiger partial charge in [-0.15, -0.1) is 0 Å². The fourth-order valence-corrected chi connectivity index (χ4v) is 3.74. The monoisotopic (exact) mass is 411 g/mol. The highest BCUT2D eigenvalue weighted by Crippen LogP contribution is 2.28. The summed E-state index contributed by atoms with van der Waals surface area (Å²) < 4.78 is 10.8. The molecule has 1 aliphatic heterocycles. The normalized spacial score (nSPS) is 14.4. The van der Waals surface area contributed by atoms with Gasteiger partial charge in [0.25, 0.3) is 5.91 Å². The zero-order valence-electron chi connectivity index (χ0n) is 18.3. The van der Waals surface area contributed by atoms with Gasteiger partial charge >= 0.3 is 0 Å². The van der Waals surface area contributed by atoms with Gasteiger partial charge in [-0.2, -0.15) is 0 Å². The Morgan fingerprint density at radius 2 is 1.87 bits per heavy atom. The maximum absolute atomic E-state index is 12.4. The number of benzene rings is 2. The summed E-state index contributed by atoms with van der Waals surface area (Å²) in [6.45, 7) is 10.5. The molecule has 1 aliphatic rings. The van der Waals surface area contributed by atoms with Gasteiger partial charge in [0, 0.05) is 44.0 Å². The SMILES string of the molecule is CCOc1ccc(C(=O)NCCCN2CCN(c3cccc(C)c3)CC2)cc1OC. The summed E-state index contributed by atoms with van der Waals surface area (Å²) in [4.78, 5) is 17.4. The molecule has 0 aromatic heterocycles. The van der Waals surface area contributed by atoms with E-state index in [4.69, 9.17) is 9.47 Å². The third-order valence-electron chi connectivity index (χ3n) is 5.40. The van der Waals surface area contributed by atoms with Gasteiger partial charge in [0.2, 0.25) is 0 Å².